The molecule has 0 aromatic carbocycles. The fourth-order valence-electron chi connectivity index (χ4n) is 4.70. The number of carbonyl (C=O) groups excluding carboxylic acids is 1. The smallest absolute Gasteiger partial charge is 0.209 e. The maximum Gasteiger partial charge on any atom is 0.209 e. The van der Waals surface area contributed by atoms with E-state index in [0.29, 0.717) is 29.2 Å². The highest BCUT2D eigenvalue weighted by atomic mass is 16.3. The van der Waals surface area contributed by atoms with Gasteiger partial charge < -0.3 is 20.1 Å². The third kappa shape index (κ3) is 2.54. The van der Waals surface area contributed by atoms with Gasteiger partial charge in [-0.1, -0.05) is 5.92 Å². The Kier molecular flexibility index (Phi) is 4.10. The first-order valence-electron chi connectivity index (χ1n) is 9.69. The zero-order valence-corrected chi connectivity index (χ0v) is 16.4. The molecule has 2 saturated carbocycles. The summed E-state index contributed by atoms with van der Waals surface area (Å²) in [6.07, 6.45) is 3.26. The zero-order chi connectivity index (χ0) is 21.0. The number of rotatable bonds is 3. The van der Waals surface area contributed by atoms with Gasteiger partial charge in [-0.2, -0.15) is 0 Å². The molecule has 0 saturated heterocycles. The van der Waals surface area contributed by atoms with E-state index in [0.717, 1.165) is 5.56 Å². The van der Waals surface area contributed by atoms with Gasteiger partial charge in [0.1, 0.15) is 11.9 Å². The Bertz CT molecular complexity index is 1210. The summed E-state index contributed by atoms with van der Waals surface area (Å²) in [5.41, 5.74) is 0.945. The van der Waals surface area contributed by atoms with Gasteiger partial charge in [0, 0.05) is 25.0 Å². The molecule has 30 heavy (non-hydrogen) atoms. The molecule has 5 rings (SSSR count). The monoisotopic (exact) mass is 404 g/mol. The van der Waals surface area contributed by atoms with Gasteiger partial charge in [0.25, 0.3) is 0 Å². The predicted molar refractivity (Wildman–Crippen MR) is 107 cm³/mol. The van der Waals surface area contributed by atoms with Crippen molar-refractivity contribution < 1.29 is 15.0 Å². The Morgan fingerprint density at radius 2 is 2.03 bits per heavy atom. The molecule has 3 heterocycles. The van der Waals surface area contributed by atoms with E-state index in [1.165, 1.54) is 6.92 Å². The van der Waals surface area contributed by atoms with Gasteiger partial charge in [0.05, 0.1) is 23.9 Å². The minimum atomic E-state index is -1.10. The second-order valence-electron chi connectivity index (χ2n) is 7.79. The summed E-state index contributed by atoms with van der Waals surface area (Å²) in [5.74, 6) is 6.52. The number of fused-ring (bicyclic) bond motifs is 2. The van der Waals surface area contributed by atoms with Gasteiger partial charge >= 0.3 is 0 Å². The first-order chi connectivity index (χ1) is 14.5. The lowest BCUT2D eigenvalue weighted by Crippen LogP contribution is -2.36. The summed E-state index contributed by atoms with van der Waals surface area (Å²) in [6.45, 7) is 1.47. The fourth-order valence-corrected chi connectivity index (χ4v) is 4.70. The van der Waals surface area contributed by atoms with Crippen LogP contribution in [0, 0.1) is 23.2 Å². The number of imidazole rings is 1. The summed E-state index contributed by atoms with van der Waals surface area (Å²) in [7, 11) is 1.73. The molecule has 2 fully saturated rings. The molecular weight excluding hydrogens is 384 g/mol. The first kappa shape index (κ1) is 18.7. The van der Waals surface area contributed by atoms with E-state index >= 15 is 0 Å². The number of carbonyl (C=O) groups is 1. The number of anilines is 1. The van der Waals surface area contributed by atoms with E-state index in [4.69, 9.17) is 0 Å². The van der Waals surface area contributed by atoms with Crippen molar-refractivity contribution in [3.8, 4) is 11.8 Å². The highest BCUT2D eigenvalue weighted by Crippen LogP contribution is 2.68. The Morgan fingerprint density at radius 1 is 1.27 bits per heavy atom. The van der Waals surface area contributed by atoms with Crippen molar-refractivity contribution in [2.45, 2.75) is 31.6 Å². The molecular formula is C21H20N6O3. The van der Waals surface area contributed by atoms with Crippen LogP contribution in [0.5, 0.6) is 0 Å². The van der Waals surface area contributed by atoms with Gasteiger partial charge in [-0.05, 0) is 37.3 Å². The Hall–Kier alpha value is -3.35. The van der Waals surface area contributed by atoms with E-state index in [1.807, 2.05) is 0 Å². The number of hydrogen-bond acceptors (Lipinski definition) is 8. The van der Waals surface area contributed by atoms with E-state index in [2.05, 4.69) is 37.1 Å². The number of pyridine rings is 1. The molecule has 0 spiro atoms. The summed E-state index contributed by atoms with van der Waals surface area (Å²) in [6, 6.07) is 3.09. The fraction of sp³-hybridized carbons (Fsp3) is 0.381. The predicted octanol–water partition coefficient (Wildman–Crippen LogP) is 0.535. The number of nitrogens with zero attached hydrogens (tertiary/aromatic N) is 5. The van der Waals surface area contributed by atoms with Crippen molar-refractivity contribution in [2.75, 3.05) is 12.4 Å². The van der Waals surface area contributed by atoms with Crippen LogP contribution < -0.4 is 5.32 Å². The van der Waals surface area contributed by atoms with Crippen molar-refractivity contribution in [2.24, 2.45) is 11.3 Å². The number of nitrogens with one attached hydrogen (secondary N) is 1. The normalized spacial score (nSPS) is 29.2. The Morgan fingerprint density at radius 3 is 2.70 bits per heavy atom. The number of aliphatic hydroxyl groups is 2. The third-order valence-electron chi connectivity index (χ3n) is 6.31. The summed E-state index contributed by atoms with van der Waals surface area (Å²) in [4.78, 5) is 29.5. The molecule has 3 N–H and O–H groups in total. The van der Waals surface area contributed by atoms with Gasteiger partial charge in [0.15, 0.2) is 17.0 Å². The zero-order valence-electron chi connectivity index (χ0n) is 16.4. The summed E-state index contributed by atoms with van der Waals surface area (Å²) >= 11 is 0. The molecule has 3 aromatic rings. The van der Waals surface area contributed by atoms with Crippen molar-refractivity contribution >= 4 is 22.8 Å². The molecule has 0 amide bonds. The number of ketones is 1. The van der Waals surface area contributed by atoms with E-state index < -0.39 is 23.7 Å². The van der Waals surface area contributed by atoms with Crippen LogP contribution in [0.4, 0.5) is 5.82 Å². The number of aromatic nitrogens is 5. The topological polar surface area (TPSA) is 126 Å². The van der Waals surface area contributed by atoms with Crippen LogP contribution in [0.1, 0.15) is 30.8 Å². The molecule has 0 bridgehead atoms. The first-order valence-corrected chi connectivity index (χ1v) is 9.69. The van der Waals surface area contributed by atoms with Crippen LogP contribution in [-0.4, -0.2) is 59.8 Å². The van der Waals surface area contributed by atoms with Gasteiger partial charge in [-0.15, -0.1) is 0 Å². The van der Waals surface area contributed by atoms with Gasteiger partial charge in [0.2, 0.25) is 5.82 Å². The van der Waals surface area contributed by atoms with Crippen molar-refractivity contribution in [3.63, 3.8) is 0 Å². The second kappa shape index (κ2) is 6.58. The number of aliphatic hydroxyl groups excluding tert-OH is 2. The molecule has 0 aliphatic heterocycles. The lowest BCUT2D eigenvalue weighted by Gasteiger charge is -2.23. The van der Waals surface area contributed by atoms with Crippen LogP contribution in [0.3, 0.4) is 0 Å². The standard InChI is InChI=1S/C21H20N6O3/c1-11(28)21-9-13(21)16(17(29)18(21)30)27-10-24-15-19(22-2)25-14(26-20(15)27)4-3-12-5-7-23-8-6-12/h5-8,10,13,16-18,29-30H,9H2,1-2H3,(H,22,25,26)/t13?,16-,17+,18?,21+/m1/s1. The maximum atomic E-state index is 12.2. The van der Waals surface area contributed by atoms with E-state index in [1.54, 1.807) is 42.5 Å². The van der Waals surface area contributed by atoms with Crippen LogP contribution in [-0.2, 0) is 4.79 Å². The summed E-state index contributed by atoms with van der Waals surface area (Å²) in [5, 5.41) is 24.3. The highest BCUT2D eigenvalue weighted by molar-refractivity contribution is 5.88. The van der Waals surface area contributed by atoms with E-state index in [-0.39, 0.29) is 11.7 Å². The number of Topliss-reactive ketones (excluding diaryl/α,β-unsaturated/α-hetero) is 1. The lowest BCUT2D eigenvalue weighted by atomic mass is 9.95. The lowest BCUT2D eigenvalue weighted by molar-refractivity contribution is -0.128. The van der Waals surface area contributed by atoms with Gasteiger partial charge in [-0.25, -0.2) is 15.0 Å². The van der Waals surface area contributed by atoms with E-state index in [9.17, 15) is 15.0 Å². The molecule has 0 radical (unpaired) electrons. The van der Waals surface area contributed by atoms with Crippen LogP contribution in [0.15, 0.2) is 30.9 Å². The average molecular weight is 404 g/mol. The SMILES string of the molecule is CNc1nc(C#Cc2ccncc2)nc2c1ncn2[C@@H]1C2C[C@@]2(C(C)=O)C(O)[C@H]1O. The molecule has 5 atom stereocenters. The average Bonchev–Trinajstić information content (AvgIpc) is 3.30. The largest absolute Gasteiger partial charge is 0.389 e. The molecule has 9 heteroatoms. The third-order valence-corrected chi connectivity index (χ3v) is 6.31. The van der Waals surface area contributed by atoms with Crippen LogP contribution in [0.2, 0.25) is 0 Å². The molecule has 3 aromatic heterocycles. The minimum absolute atomic E-state index is 0.0968. The highest BCUT2D eigenvalue weighted by Gasteiger charge is 2.74. The maximum absolute atomic E-state index is 12.2. The Balaban J connectivity index is 1.60. The van der Waals surface area contributed by atoms with Gasteiger partial charge in [-0.3, -0.25) is 9.78 Å². The molecule has 9 nitrogen and oxygen atoms in total. The molecule has 2 aliphatic carbocycles. The van der Waals surface area contributed by atoms with Crippen molar-refractivity contribution in [1.82, 2.24) is 24.5 Å². The van der Waals surface area contributed by atoms with Crippen LogP contribution >= 0.6 is 0 Å². The molecule has 2 unspecified atom stereocenters. The second-order valence-corrected chi connectivity index (χ2v) is 7.79. The minimum Gasteiger partial charge on any atom is -0.389 e. The van der Waals surface area contributed by atoms with Crippen molar-refractivity contribution in [3.05, 3.63) is 42.2 Å². The quantitative estimate of drug-likeness (QED) is 0.540. The van der Waals surface area contributed by atoms with Crippen molar-refractivity contribution in [1.29, 1.82) is 0 Å². The van der Waals surface area contributed by atoms with Crippen LogP contribution in [0.25, 0.3) is 11.2 Å². The number of hydrogen-bond donors (Lipinski definition) is 3. The summed E-state index contributed by atoms with van der Waals surface area (Å²) < 4.78 is 1.74. The molecule has 2 aliphatic rings. The molecule has 152 valence electrons. The Labute approximate surface area is 172 Å².